The highest BCUT2D eigenvalue weighted by Crippen LogP contribution is 2.29. The summed E-state index contributed by atoms with van der Waals surface area (Å²) in [5.41, 5.74) is 2.36. The van der Waals surface area contributed by atoms with Crippen LogP contribution in [0.3, 0.4) is 0 Å². The summed E-state index contributed by atoms with van der Waals surface area (Å²) < 4.78 is 9.24. The summed E-state index contributed by atoms with van der Waals surface area (Å²) in [4.78, 5) is 6.44. The van der Waals surface area contributed by atoms with Crippen LogP contribution < -0.4 is 9.46 Å². The number of hydrogen-bond acceptors (Lipinski definition) is 5. The molecule has 33 heavy (non-hydrogen) atoms. The first-order valence-corrected chi connectivity index (χ1v) is 13.1. The zero-order valence-electron chi connectivity index (χ0n) is 20.1. The summed E-state index contributed by atoms with van der Waals surface area (Å²) in [5, 5.41) is 2.54. The molecule has 4 nitrogen and oxygen atoms in total. The van der Waals surface area contributed by atoms with Crippen molar-refractivity contribution >= 4 is 28.4 Å². The molecule has 0 radical (unpaired) electrons. The highest BCUT2D eigenvalue weighted by atomic mass is 32.2. The number of anilines is 1. The minimum atomic E-state index is 0.933. The standard InChI is InChI=1S/C28H37N3OS/c1-3-4-7-15-30-16-8-17-31(19-18-30)22-25-20-26(12-14-28(25)32-2)29-33-27-13-11-23-9-5-6-10-24(23)21-27/h5-6,9-14,20-21,29H,3-4,7-8,15-19,22H2,1-2H3. The SMILES string of the molecule is CCCCCN1CCCN(Cc2cc(NSc3ccc4ccccc4c3)ccc2OC)CC1. The monoisotopic (exact) mass is 463 g/mol. The largest absolute Gasteiger partial charge is 0.496 e. The Balaban J connectivity index is 1.37. The lowest BCUT2D eigenvalue weighted by atomic mass is 10.1. The Labute approximate surface area is 203 Å². The van der Waals surface area contributed by atoms with Gasteiger partial charge in [-0.15, -0.1) is 0 Å². The first kappa shape index (κ1) is 23.9. The van der Waals surface area contributed by atoms with E-state index < -0.39 is 0 Å². The second-order valence-corrected chi connectivity index (χ2v) is 9.80. The minimum absolute atomic E-state index is 0.933. The van der Waals surface area contributed by atoms with Crippen LogP contribution in [0.1, 0.15) is 38.2 Å². The maximum Gasteiger partial charge on any atom is 0.123 e. The molecular weight excluding hydrogens is 426 g/mol. The molecule has 176 valence electrons. The van der Waals surface area contributed by atoms with Crippen molar-refractivity contribution in [3.63, 3.8) is 0 Å². The molecule has 1 N–H and O–H groups in total. The average Bonchev–Trinajstić information content (AvgIpc) is 3.08. The zero-order valence-corrected chi connectivity index (χ0v) is 20.9. The van der Waals surface area contributed by atoms with E-state index >= 15 is 0 Å². The van der Waals surface area contributed by atoms with Crippen molar-refractivity contribution in [2.45, 2.75) is 44.0 Å². The number of benzene rings is 3. The van der Waals surface area contributed by atoms with Crippen LogP contribution in [-0.4, -0.2) is 49.6 Å². The lowest BCUT2D eigenvalue weighted by Crippen LogP contribution is -2.31. The Morgan fingerprint density at radius 2 is 1.70 bits per heavy atom. The van der Waals surface area contributed by atoms with E-state index in [0.717, 1.165) is 31.1 Å². The summed E-state index contributed by atoms with van der Waals surface area (Å²) in [5.74, 6) is 0.973. The molecule has 5 heteroatoms. The van der Waals surface area contributed by atoms with Crippen molar-refractivity contribution in [2.75, 3.05) is 44.6 Å². The number of nitrogens with zero attached hydrogens (tertiary/aromatic N) is 2. The van der Waals surface area contributed by atoms with Crippen LogP contribution in [0.25, 0.3) is 10.8 Å². The first-order chi connectivity index (χ1) is 16.2. The van der Waals surface area contributed by atoms with Gasteiger partial charge >= 0.3 is 0 Å². The average molecular weight is 464 g/mol. The molecule has 0 saturated carbocycles. The molecule has 0 aromatic heterocycles. The van der Waals surface area contributed by atoms with Gasteiger partial charge in [0.2, 0.25) is 0 Å². The summed E-state index contributed by atoms with van der Waals surface area (Å²) in [6.07, 6.45) is 5.20. The smallest absolute Gasteiger partial charge is 0.123 e. The number of unbranched alkanes of at least 4 members (excludes halogenated alkanes) is 2. The normalized spacial score (nSPS) is 15.5. The van der Waals surface area contributed by atoms with Crippen LogP contribution in [0.4, 0.5) is 5.69 Å². The molecule has 0 atom stereocenters. The van der Waals surface area contributed by atoms with Crippen LogP contribution in [0.5, 0.6) is 5.75 Å². The Bertz CT molecular complexity index is 1020. The van der Waals surface area contributed by atoms with Crippen LogP contribution in [0, 0.1) is 0 Å². The fraction of sp³-hybridized carbons (Fsp3) is 0.429. The topological polar surface area (TPSA) is 27.7 Å². The van der Waals surface area contributed by atoms with Crippen LogP contribution in [0.2, 0.25) is 0 Å². The Morgan fingerprint density at radius 3 is 2.55 bits per heavy atom. The van der Waals surface area contributed by atoms with E-state index in [9.17, 15) is 0 Å². The fourth-order valence-electron chi connectivity index (χ4n) is 4.55. The molecule has 0 amide bonds. The van der Waals surface area contributed by atoms with Gasteiger partial charge in [-0.2, -0.15) is 0 Å². The lowest BCUT2D eigenvalue weighted by molar-refractivity contribution is 0.246. The number of methoxy groups -OCH3 is 1. The van der Waals surface area contributed by atoms with Gasteiger partial charge in [0.05, 0.1) is 7.11 Å². The maximum atomic E-state index is 5.70. The van der Waals surface area contributed by atoms with Gasteiger partial charge in [-0.25, -0.2) is 0 Å². The van der Waals surface area contributed by atoms with Gasteiger partial charge in [0.25, 0.3) is 0 Å². The van der Waals surface area contributed by atoms with Crippen LogP contribution in [0.15, 0.2) is 65.6 Å². The Kier molecular flexibility index (Phi) is 8.93. The predicted octanol–water partition coefficient (Wildman–Crippen LogP) is 6.67. The van der Waals surface area contributed by atoms with Crippen molar-refractivity contribution in [1.29, 1.82) is 0 Å². The van der Waals surface area contributed by atoms with E-state index in [4.69, 9.17) is 4.74 Å². The Morgan fingerprint density at radius 1 is 0.879 bits per heavy atom. The van der Waals surface area contributed by atoms with Gasteiger partial charge in [-0.1, -0.05) is 50.1 Å². The molecule has 3 aromatic rings. The van der Waals surface area contributed by atoms with Gasteiger partial charge in [-0.3, -0.25) is 4.90 Å². The highest BCUT2D eigenvalue weighted by molar-refractivity contribution is 8.00. The van der Waals surface area contributed by atoms with Gasteiger partial charge in [-0.05, 0) is 85.5 Å². The molecule has 1 heterocycles. The summed E-state index contributed by atoms with van der Waals surface area (Å²) in [6.45, 7) is 9.12. The maximum absolute atomic E-state index is 5.70. The molecule has 4 rings (SSSR count). The van der Waals surface area contributed by atoms with Crippen LogP contribution >= 0.6 is 11.9 Å². The fourth-order valence-corrected chi connectivity index (χ4v) is 5.23. The third-order valence-corrected chi connectivity index (χ3v) is 7.27. The van der Waals surface area contributed by atoms with Crippen molar-refractivity contribution in [2.24, 2.45) is 0 Å². The van der Waals surface area contributed by atoms with Crippen molar-refractivity contribution in [3.8, 4) is 5.75 Å². The molecule has 0 aliphatic carbocycles. The van der Waals surface area contributed by atoms with E-state index in [0.29, 0.717) is 0 Å². The number of ether oxygens (including phenoxy) is 1. The van der Waals surface area contributed by atoms with E-state index in [1.807, 2.05) is 0 Å². The zero-order chi connectivity index (χ0) is 22.9. The molecule has 0 bridgehead atoms. The van der Waals surface area contributed by atoms with E-state index in [1.165, 1.54) is 66.5 Å². The number of nitrogens with one attached hydrogen (secondary N) is 1. The van der Waals surface area contributed by atoms with Gasteiger partial charge in [0.15, 0.2) is 0 Å². The Hall–Kier alpha value is -2.21. The molecule has 1 aliphatic rings. The summed E-state index contributed by atoms with van der Waals surface area (Å²) >= 11 is 1.66. The van der Waals surface area contributed by atoms with E-state index in [2.05, 4.69) is 82.1 Å². The molecule has 0 unspecified atom stereocenters. The van der Waals surface area contributed by atoms with Crippen molar-refractivity contribution in [1.82, 2.24) is 9.80 Å². The highest BCUT2D eigenvalue weighted by Gasteiger charge is 2.16. The lowest BCUT2D eigenvalue weighted by Gasteiger charge is -2.23. The molecule has 3 aromatic carbocycles. The summed E-state index contributed by atoms with van der Waals surface area (Å²) in [6, 6.07) is 21.5. The molecule has 1 fully saturated rings. The third-order valence-electron chi connectivity index (χ3n) is 6.44. The second kappa shape index (κ2) is 12.3. The van der Waals surface area contributed by atoms with E-state index in [1.54, 1.807) is 19.1 Å². The molecular formula is C28H37N3OS. The van der Waals surface area contributed by atoms with Crippen LogP contribution in [-0.2, 0) is 6.54 Å². The van der Waals surface area contributed by atoms with Gasteiger partial charge in [0, 0.05) is 35.8 Å². The van der Waals surface area contributed by atoms with Crippen molar-refractivity contribution in [3.05, 3.63) is 66.2 Å². The molecule has 1 saturated heterocycles. The van der Waals surface area contributed by atoms with E-state index in [-0.39, 0.29) is 0 Å². The second-order valence-electron chi connectivity index (χ2n) is 8.92. The van der Waals surface area contributed by atoms with Gasteiger partial charge < -0.3 is 14.4 Å². The number of fused-ring (bicyclic) bond motifs is 1. The quantitative estimate of drug-likeness (QED) is 0.268. The number of rotatable bonds is 10. The summed E-state index contributed by atoms with van der Waals surface area (Å²) in [7, 11) is 1.77. The molecule has 1 aliphatic heterocycles. The minimum Gasteiger partial charge on any atom is -0.496 e. The predicted molar refractivity (Wildman–Crippen MR) is 142 cm³/mol. The number of hydrogen-bond donors (Lipinski definition) is 1. The molecule has 0 spiro atoms. The first-order valence-electron chi connectivity index (χ1n) is 12.3. The van der Waals surface area contributed by atoms with Gasteiger partial charge in [0.1, 0.15) is 5.75 Å². The third kappa shape index (κ3) is 6.89. The van der Waals surface area contributed by atoms with Crippen molar-refractivity contribution < 1.29 is 4.74 Å².